The highest BCUT2D eigenvalue weighted by atomic mass is 19.4. The first kappa shape index (κ1) is 24.2. The van der Waals surface area contributed by atoms with Crippen LogP contribution >= 0.6 is 0 Å². The van der Waals surface area contributed by atoms with E-state index in [-0.39, 0.29) is 18.0 Å². The van der Waals surface area contributed by atoms with Crippen molar-refractivity contribution in [3.05, 3.63) is 59.7 Å². The van der Waals surface area contributed by atoms with Crippen molar-refractivity contribution in [3.63, 3.8) is 0 Å². The van der Waals surface area contributed by atoms with Gasteiger partial charge in [0.1, 0.15) is 0 Å². The average molecular weight is 473 g/mol. The van der Waals surface area contributed by atoms with Crippen LogP contribution in [0.3, 0.4) is 0 Å². The van der Waals surface area contributed by atoms with Crippen molar-refractivity contribution in [2.45, 2.75) is 24.9 Å². The van der Waals surface area contributed by atoms with Gasteiger partial charge in [-0.3, -0.25) is 9.69 Å². The standard InChI is InChI=1S/C21H20F5N3O4/c1-28(11-13-8-9-15(33-18(22)23)16(10-13)32-2)12-29-17(30)20(21(24,25)26,27-19(29)31)14-6-4-3-5-7-14/h3-10,18H,11-12H2,1-2H3,(H,27,31). The Morgan fingerprint density at radius 3 is 2.33 bits per heavy atom. The first-order valence-electron chi connectivity index (χ1n) is 9.56. The molecule has 0 saturated carbocycles. The second kappa shape index (κ2) is 9.22. The molecule has 1 aliphatic rings. The van der Waals surface area contributed by atoms with Crippen LogP contribution in [0.4, 0.5) is 26.7 Å². The number of amides is 3. The fourth-order valence-electron chi connectivity index (χ4n) is 3.55. The van der Waals surface area contributed by atoms with Crippen LogP contribution in [0.5, 0.6) is 11.5 Å². The van der Waals surface area contributed by atoms with E-state index in [1.165, 1.54) is 55.5 Å². The molecule has 7 nitrogen and oxygen atoms in total. The normalized spacial score (nSPS) is 18.8. The molecule has 1 atom stereocenters. The highest BCUT2D eigenvalue weighted by Crippen LogP contribution is 2.43. The van der Waals surface area contributed by atoms with Gasteiger partial charge in [-0.05, 0) is 30.3 Å². The zero-order valence-electron chi connectivity index (χ0n) is 17.5. The largest absolute Gasteiger partial charge is 0.493 e. The molecule has 2 aromatic carbocycles. The predicted octanol–water partition coefficient (Wildman–Crippen LogP) is 3.70. The Kier molecular flexibility index (Phi) is 6.77. The van der Waals surface area contributed by atoms with Crippen LogP contribution in [0.2, 0.25) is 0 Å². The smallest absolute Gasteiger partial charge is 0.425 e. The van der Waals surface area contributed by atoms with Crippen LogP contribution in [-0.2, 0) is 16.9 Å². The van der Waals surface area contributed by atoms with Gasteiger partial charge in [0.15, 0.2) is 11.5 Å². The number of nitrogens with one attached hydrogen (secondary N) is 1. The summed E-state index contributed by atoms with van der Waals surface area (Å²) in [7, 11) is 2.74. The number of carbonyl (C=O) groups is 2. The molecule has 1 saturated heterocycles. The SMILES string of the molecule is COc1cc(CN(C)CN2C(=O)NC(c3ccccc3)(C(F)(F)F)C2=O)ccc1OC(F)F. The van der Waals surface area contributed by atoms with Gasteiger partial charge in [-0.15, -0.1) is 0 Å². The number of ether oxygens (including phenoxy) is 2. The van der Waals surface area contributed by atoms with Gasteiger partial charge in [0.2, 0.25) is 5.54 Å². The van der Waals surface area contributed by atoms with Gasteiger partial charge < -0.3 is 14.8 Å². The molecule has 178 valence electrons. The maximum atomic E-state index is 14.0. The second-order valence-corrected chi connectivity index (χ2v) is 7.30. The Hall–Kier alpha value is -3.41. The van der Waals surface area contributed by atoms with E-state index in [0.717, 1.165) is 12.1 Å². The lowest BCUT2D eigenvalue weighted by molar-refractivity contribution is -0.198. The quantitative estimate of drug-likeness (QED) is 0.468. The molecular formula is C21H20F5N3O4. The minimum absolute atomic E-state index is 0.0244. The van der Waals surface area contributed by atoms with Gasteiger partial charge in [0.05, 0.1) is 13.8 Å². The first-order chi connectivity index (χ1) is 15.5. The Balaban J connectivity index is 1.80. The van der Waals surface area contributed by atoms with Crippen molar-refractivity contribution in [2.24, 2.45) is 0 Å². The molecule has 12 heteroatoms. The summed E-state index contributed by atoms with van der Waals surface area (Å²) in [6, 6.07) is 9.33. The van der Waals surface area contributed by atoms with Crippen molar-refractivity contribution in [1.82, 2.24) is 15.1 Å². The molecule has 0 radical (unpaired) electrons. The number of nitrogens with zero attached hydrogens (tertiary/aromatic N) is 2. The van der Waals surface area contributed by atoms with Crippen LogP contribution < -0.4 is 14.8 Å². The van der Waals surface area contributed by atoms with E-state index in [0.29, 0.717) is 10.5 Å². The molecule has 1 fully saturated rings. The zero-order chi connectivity index (χ0) is 24.4. The van der Waals surface area contributed by atoms with Gasteiger partial charge in [-0.25, -0.2) is 9.69 Å². The molecule has 3 amide bonds. The minimum Gasteiger partial charge on any atom is -0.493 e. The number of halogens is 5. The molecule has 2 aromatic rings. The third kappa shape index (κ3) is 4.70. The highest BCUT2D eigenvalue weighted by Gasteiger charge is 2.68. The number of alkyl halides is 5. The van der Waals surface area contributed by atoms with E-state index in [2.05, 4.69) is 4.74 Å². The van der Waals surface area contributed by atoms with Crippen LogP contribution in [0.1, 0.15) is 11.1 Å². The molecule has 1 unspecified atom stereocenters. The Morgan fingerprint density at radius 2 is 1.76 bits per heavy atom. The molecule has 1 heterocycles. The molecule has 0 bridgehead atoms. The maximum absolute atomic E-state index is 14.0. The number of benzene rings is 2. The van der Waals surface area contributed by atoms with E-state index >= 15 is 0 Å². The molecule has 0 aliphatic carbocycles. The number of hydrogen-bond acceptors (Lipinski definition) is 5. The third-order valence-corrected chi connectivity index (χ3v) is 5.02. The summed E-state index contributed by atoms with van der Waals surface area (Å²) >= 11 is 0. The summed E-state index contributed by atoms with van der Waals surface area (Å²) in [5.41, 5.74) is -3.07. The molecule has 0 spiro atoms. The monoisotopic (exact) mass is 473 g/mol. The van der Waals surface area contributed by atoms with Crippen molar-refractivity contribution >= 4 is 11.9 Å². The number of imide groups is 1. The van der Waals surface area contributed by atoms with Crippen molar-refractivity contribution < 1.29 is 41.0 Å². The van der Waals surface area contributed by atoms with Crippen LogP contribution in [-0.4, -0.2) is 55.4 Å². The summed E-state index contributed by atoms with van der Waals surface area (Å²) in [6.07, 6.45) is -5.08. The summed E-state index contributed by atoms with van der Waals surface area (Å²) in [6.45, 7) is -3.44. The second-order valence-electron chi connectivity index (χ2n) is 7.30. The topological polar surface area (TPSA) is 71.1 Å². The van der Waals surface area contributed by atoms with Gasteiger partial charge in [-0.2, -0.15) is 22.0 Å². The zero-order valence-corrected chi connectivity index (χ0v) is 17.5. The van der Waals surface area contributed by atoms with E-state index in [9.17, 15) is 31.5 Å². The molecule has 33 heavy (non-hydrogen) atoms. The Morgan fingerprint density at radius 1 is 1.09 bits per heavy atom. The predicted molar refractivity (Wildman–Crippen MR) is 106 cm³/mol. The molecule has 3 rings (SSSR count). The summed E-state index contributed by atoms with van der Waals surface area (Å²) in [5, 5.41) is 1.81. The van der Waals surface area contributed by atoms with Crippen molar-refractivity contribution in [2.75, 3.05) is 20.8 Å². The highest BCUT2D eigenvalue weighted by molar-refractivity contribution is 6.08. The van der Waals surface area contributed by atoms with Gasteiger partial charge >= 0.3 is 18.8 Å². The number of urea groups is 1. The first-order valence-corrected chi connectivity index (χ1v) is 9.56. The van der Waals surface area contributed by atoms with Gasteiger partial charge in [-0.1, -0.05) is 36.4 Å². The fraction of sp³-hybridized carbons (Fsp3) is 0.333. The third-order valence-electron chi connectivity index (χ3n) is 5.02. The van der Waals surface area contributed by atoms with Gasteiger partial charge in [0, 0.05) is 6.54 Å². The lowest BCUT2D eigenvalue weighted by atomic mass is 9.89. The molecule has 0 aromatic heterocycles. The average Bonchev–Trinajstić information content (AvgIpc) is 3.00. The minimum atomic E-state index is -5.08. The Labute approximate surface area is 185 Å². The van der Waals surface area contributed by atoms with Crippen LogP contribution in [0, 0.1) is 0 Å². The Bertz CT molecular complexity index is 1020. The summed E-state index contributed by atoms with van der Waals surface area (Å²) in [4.78, 5) is 27.2. The van der Waals surface area contributed by atoms with Crippen LogP contribution in [0.25, 0.3) is 0 Å². The number of hydrogen-bond donors (Lipinski definition) is 1. The van der Waals surface area contributed by atoms with Crippen molar-refractivity contribution in [3.8, 4) is 11.5 Å². The number of methoxy groups -OCH3 is 1. The van der Waals surface area contributed by atoms with E-state index in [1.54, 1.807) is 0 Å². The molecule has 1 N–H and O–H groups in total. The number of carbonyl (C=O) groups excluding carboxylic acids is 2. The lowest BCUT2D eigenvalue weighted by Crippen LogP contribution is -2.56. The molecule has 1 aliphatic heterocycles. The summed E-state index contributed by atoms with van der Waals surface area (Å²) < 4.78 is 76.4. The van der Waals surface area contributed by atoms with E-state index < -0.39 is 42.5 Å². The molecular weight excluding hydrogens is 453 g/mol. The van der Waals surface area contributed by atoms with E-state index in [1.807, 2.05) is 5.32 Å². The lowest BCUT2D eigenvalue weighted by Gasteiger charge is -2.30. The number of rotatable bonds is 8. The summed E-state index contributed by atoms with van der Waals surface area (Å²) in [5.74, 6) is -1.61. The van der Waals surface area contributed by atoms with E-state index in [4.69, 9.17) is 4.74 Å². The van der Waals surface area contributed by atoms with Crippen molar-refractivity contribution in [1.29, 1.82) is 0 Å². The van der Waals surface area contributed by atoms with Crippen LogP contribution in [0.15, 0.2) is 48.5 Å². The maximum Gasteiger partial charge on any atom is 0.425 e. The fourth-order valence-corrected chi connectivity index (χ4v) is 3.55. The van der Waals surface area contributed by atoms with Gasteiger partial charge in [0.25, 0.3) is 5.91 Å².